The van der Waals surface area contributed by atoms with Gasteiger partial charge in [0, 0.05) is 28.8 Å². The molecule has 0 saturated carbocycles. The smallest absolute Gasteiger partial charge is 0.245 e. The third kappa shape index (κ3) is 4.36. The molecule has 0 aliphatic heterocycles. The zero-order chi connectivity index (χ0) is 16.2. The summed E-state index contributed by atoms with van der Waals surface area (Å²) in [6.45, 7) is 5.31. The molecule has 0 saturated heterocycles. The predicted octanol–water partition coefficient (Wildman–Crippen LogP) is 2.31. The summed E-state index contributed by atoms with van der Waals surface area (Å²) in [5, 5.41) is 7.61. The lowest BCUT2D eigenvalue weighted by molar-refractivity contribution is -0.130. The summed E-state index contributed by atoms with van der Waals surface area (Å²) in [6, 6.07) is 3.73. The van der Waals surface area contributed by atoms with Gasteiger partial charge in [-0.25, -0.2) is 4.98 Å². The topological polar surface area (TPSA) is 84.0 Å². The maximum Gasteiger partial charge on any atom is 0.245 e. The minimum Gasteiger partial charge on any atom is -0.347 e. The van der Waals surface area contributed by atoms with Crippen molar-refractivity contribution in [2.45, 2.75) is 20.8 Å². The molecule has 0 fully saturated rings. The molecule has 0 atom stereocenters. The van der Waals surface area contributed by atoms with E-state index in [0.717, 1.165) is 11.3 Å². The molecule has 0 aliphatic carbocycles. The van der Waals surface area contributed by atoms with Gasteiger partial charge in [-0.15, -0.1) is 11.3 Å². The number of pyridine rings is 1. The summed E-state index contributed by atoms with van der Waals surface area (Å²) in [7, 11) is 0. The number of carbonyl (C=O) groups excluding carboxylic acids is 2. The van der Waals surface area contributed by atoms with E-state index < -0.39 is 5.41 Å². The highest BCUT2D eigenvalue weighted by molar-refractivity contribution is 7.14. The number of rotatable bonds is 4. The molecule has 0 spiro atoms. The quantitative estimate of drug-likeness (QED) is 0.906. The Hall–Kier alpha value is -2.28. The molecule has 116 valence electrons. The van der Waals surface area contributed by atoms with Crippen molar-refractivity contribution in [1.29, 1.82) is 0 Å². The van der Waals surface area contributed by atoms with Crippen LogP contribution in [0.25, 0.3) is 11.3 Å². The first-order chi connectivity index (χ1) is 10.4. The Labute approximate surface area is 133 Å². The lowest BCUT2D eigenvalue weighted by Crippen LogP contribution is -2.39. The molecule has 0 aliphatic rings. The third-order valence-corrected chi connectivity index (χ3v) is 3.56. The SMILES string of the molecule is CC(C)(C)C(=O)NCC(=O)Nc1nc(-c2cccnc2)cs1. The molecule has 0 unspecified atom stereocenters. The summed E-state index contributed by atoms with van der Waals surface area (Å²) in [5.74, 6) is -0.470. The van der Waals surface area contributed by atoms with Crippen molar-refractivity contribution >= 4 is 28.3 Å². The van der Waals surface area contributed by atoms with Crippen molar-refractivity contribution in [2.24, 2.45) is 5.41 Å². The number of hydrogen-bond donors (Lipinski definition) is 2. The Morgan fingerprint density at radius 1 is 1.32 bits per heavy atom. The van der Waals surface area contributed by atoms with E-state index in [0.29, 0.717) is 5.13 Å². The third-order valence-electron chi connectivity index (χ3n) is 2.80. The lowest BCUT2D eigenvalue weighted by Gasteiger charge is -2.17. The first-order valence-electron chi connectivity index (χ1n) is 6.80. The van der Waals surface area contributed by atoms with Gasteiger partial charge in [-0.2, -0.15) is 0 Å². The monoisotopic (exact) mass is 318 g/mol. The summed E-state index contributed by atoms with van der Waals surface area (Å²) < 4.78 is 0. The van der Waals surface area contributed by atoms with Crippen molar-refractivity contribution in [3.63, 3.8) is 0 Å². The number of anilines is 1. The Bertz CT molecular complexity index is 662. The van der Waals surface area contributed by atoms with E-state index in [1.54, 1.807) is 33.2 Å². The molecule has 2 N–H and O–H groups in total. The minimum atomic E-state index is -0.519. The van der Waals surface area contributed by atoms with E-state index in [2.05, 4.69) is 20.6 Å². The number of aromatic nitrogens is 2. The van der Waals surface area contributed by atoms with Gasteiger partial charge >= 0.3 is 0 Å². The van der Waals surface area contributed by atoms with Crippen LogP contribution >= 0.6 is 11.3 Å². The Morgan fingerprint density at radius 2 is 2.09 bits per heavy atom. The predicted molar refractivity (Wildman–Crippen MR) is 86.4 cm³/mol. The van der Waals surface area contributed by atoms with E-state index in [1.165, 1.54) is 11.3 Å². The van der Waals surface area contributed by atoms with Gasteiger partial charge < -0.3 is 10.6 Å². The van der Waals surface area contributed by atoms with Crippen LogP contribution in [0, 0.1) is 5.41 Å². The van der Waals surface area contributed by atoms with Gasteiger partial charge in [0.15, 0.2) is 5.13 Å². The van der Waals surface area contributed by atoms with Gasteiger partial charge in [-0.1, -0.05) is 20.8 Å². The van der Waals surface area contributed by atoms with E-state index in [4.69, 9.17) is 0 Å². The Morgan fingerprint density at radius 3 is 2.73 bits per heavy atom. The molecule has 2 heterocycles. The molecule has 0 radical (unpaired) electrons. The molecule has 0 bridgehead atoms. The number of nitrogens with one attached hydrogen (secondary N) is 2. The number of hydrogen-bond acceptors (Lipinski definition) is 5. The molecule has 2 amide bonds. The van der Waals surface area contributed by atoms with Gasteiger partial charge in [0.25, 0.3) is 0 Å². The van der Waals surface area contributed by atoms with Crippen molar-refractivity contribution in [1.82, 2.24) is 15.3 Å². The van der Waals surface area contributed by atoms with Crippen LogP contribution in [-0.4, -0.2) is 28.3 Å². The molecular weight excluding hydrogens is 300 g/mol. The summed E-state index contributed by atoms with van der Waals surface area (Å²) >= 11 is 1.33. The van der Waals surface area contributed by atoms with E-state index in [9.17, 15) is 9.59 Å². The van der Waals surface area contributed by atoms with Crippen LogP contribution < -0.4 is 10.6 Å². The second kappa shape index (κ2) is 6.65. The van der Waals surface area contributed by atoms with Crippen LogP contribution in [0.15, 0.2) is 29.9 Å². The first-order valence-corrected chi connectivity index (χ1v) is 7.68. The number of amides is 2. The van der Waals surface area contributed by atoms with Gasteiger partial charge in [0.2, 0.25) is 11.8 Å². The number of carbonyl (C=O) groups is 2. The fraction of sp³-hybridized carbons (Fsp3) is 0.333. The van der Waals surface area contributed by atoms with E-state index in [-0.39, 0.29) is 18.4 Å². The molecule has 2 rings (SSSR count). The molecule has 7 heteroatoms. The lowest BCUT2D eigenvalue weighted by atomic mass is 9.96. The van der Waals surface area contributed by atoms with E-state index in [1.807, 2.05) is 17.5 Å². The average molecular weight is 318 g/mol. The normalized spacial score (nSPS) is 11.0. The minimum absolute atomic E-state index is 0.0715. The molecule has 6 nitrogen and oxygen atoms in total. The first kappa shape index (κ1) is 16.1. The van der Waals surface area contributed by atoms with Crippen molar-refractivity contribution in [2.75, 3.05) is 11.9 Å². The zero-order valence-electron chi connectivity index (χ0n) is 12.7. The highest BCUT2D eigenvalue weighted by Crippen LogP contribution is 2.23. The maximum atomic E-state index is 11.8. The maximum absolute atomic E-state index is 11.8. The van der Waals surface area contributed by atoms with Crippen LogP contribution in [0.3, 0.4) is 0 Å². The summed E-state index contributed by atoms with van der Waals surface area (Å²) in [5.41, 5.74) is 1.13. The van der Waals surface area contributed by atoms with Gasteiger partial charge in [-0.3, -0.25) is 14.6 Å². The van der Waals surface area contributed by atoms with Gasteiger partial charge in [0.05, 0.1) is 12.2 Å². The van der Waals surface area contributed by atoms with Gasteiger partial charge in [-0.05, 0) is 12.1 Å². The van der Waals surface area contributed by atoms with Crippen LogP contribution in [0.1, 0.15) is 20.8 Å². The van der Waals surface area contributed by atoms with Crippen LogP contribution in [0.5, 0.6) is 0 Å². The van der Waals surface area contributed by atoms with Crippen LogP contribution in [0.4, 0.5) is 5.13 Å². The Balaban J connectivity index is 1.91. The van der Waals surface area contributed by atoms with E-state index >= 15 is 0 Å². The Kier molecular flexibility index (Phi) is 4.87. The molecule has 2 aromatic rings. The molecule has 0 aromatic carbocycles. The second-order valence-electron chi connectivity index (χ2n) is 5.76. The van der Waals surface area contributed by atoms with Crippen molar-refractivity contribution in [3.05, 3.63) is 29.9 Å². The zero-order valence-corrected chi connectivity index (χ0v) is 13.5. The average Bonchev–Trinajstić information content (AvgIpc) is 2.93. The molecule has 2 aromatic heterocycles. The fourth-order valence-electron chi connectivity index (χ4n) is 1.57. The summed E-state index contributed by atoms with van der Waals surface area (Å²) in [4.78, 5) is 31.9. The van der Waals surface area contributed by atoms with Crippen molar-refractivity contribution < 1.29 is 9.59 Å². The second-order valence-corrected chi connectivity index (χ2v) is 6.62. The van der Waals surface area contributed by atoms with Crippen LogP contribution in [-0.2, 0) is 9.59 Å². The molecular formula is C15H18N4O2S. The largest absolute Gasteiger partial charge is 0.347 e. The standard InChI is InChI=1S/C15H18N4O2S/c1-15(2,3)13(21)17-8-12(20)19-14-18-11(9-22-14)10-5-4-6-16-7-10/h4-7,9H,8H2,1-3H3,(H,17,21)(H,18,19,20). The highest BCUT2D eigenvalue weighted by atomic mass is 32.1. The van der Waals surface area contributed by atoms with Gasteiger partial charge in [0.1, 0.15) is 0 Å². The number of thiazole rings is 1. The molecule has 22 heavy (non-hydrogen) atoms. The van der Waals surface area contributed by atoms with Crippen molar-refractivity contribution in [3.8, 4) is 11.3 Å². The fourth-order valence-corrected chi connectivity index (χ4v) is 2.30. The summed E-state index contributed by atoms with van der Waals surface area (Å²) in [6.07, 6.45) is 3.40. The highest BCUT2D eigenvalue weighted by Gasteiger charge is 2.21. The van der Waals surface area contributed by atoms with Crippen LogP contribution in [0.2, 0.25) is 0 Å². The number of nitrogens with zero attached hydrogens (tertiary/aromatic N) is 2.